The van der Waals surface area contributed by atoms with E-state index in [1.807, 2.05) is 4.57 Å². The minimum absolute atomic E-state index is 0.194. The van der Waals surface area contributed by atoms with Gasteiger partial charge in [0.1, 0.15) is 0 Å². The molecule has 5 nitrogen and oxygen atoms in total. The van der Waals surface area contributed by atoms with Gasteiger partial charge in [0, 0.05) is 22.4 Å². The van der Waals surface area contributed by atoms with Crippen LogP contribution < -0.4 is 5.73 Å². The summed E-state index contributed by atoms with van der Waals surface area (Å²) in [7, 11) is 0. The van der Waals surface area contributed by atoms with E-state index in [2.05, 4.69) is 35.1 Å². The highest BCUT2D eigenvalue weighted by Crippen LogP contribution is 2.28. The van der Waals surface area contributed by atoms with Crippen molar-refractivity contribution in [2.75, 3.05) is 5.75 Å². The SMILES string of the molecule is C=CCn1c(SCC(N)=O)nnc1-c1csc(CCC)c1. The zero-order valence-electron chi connectivity index (χ0n) is 11.9. The highest BCUT2D eigenvalue weighted by atomic mass is 32.2. The van der Waals surface area contributed by atoms with Crippen molar-refractivity contribution in [1.82, 2.24) is 14.8 Å². The van der Waals surface area contributed by atoms with Gasteiger partial charge in [-0.15, -0.1) is 28.1 Å². The van der Waals surface area contributed by atoms with Gasteiger partial charge in [-0.3, -0.25) is 9.36 Å². The van der Waals surface area contributed by atoms with Gasteiger partial charge in [0.05, 0.1) is 5.75 Å². The van der Waals surface area contributed by atoms with Crippen LogP contribution in [0.2, 0.25) is 0 Å². The first-order valence-corrected chi connectivity index (χ1v) is 8.55. The molecule has 21 heavy (non-hydrogen) atoms. The van der Waals surface area contributed by atoms with Crippen molar-refractivity contribution in [1.29, 1.82) is 0 Å². The Labute approximate surface area is 132 Å². The van der Waals surface area contributed by atoms with Crippen molar-refractivity contribution in [2.24, 2.45) is 5.73 Å². The van der Waals surface area contributed by atoms with Crippen LogP contribution in [0.1, 0.15) is 18.2 Å². The van der Waals surface area contributed by atoms with Gasteiger partial charge in [0.15, 0.2) is 11.0 Å². The van der Waals surface area contributed by atoms with Crippen LogP contribution in [0.25, 0.3) is 11.4 Å². The lowest BCUT2D eigenvalue weighted by molar-refractivity contribution is -0.115. The maximum atomic E-state index is 10.9. The average molecular weight is 322 g/mol. The second-order valence-electron chi connectivity index (χ2n) is 4.51. The first-order valence-electron chi connectivity index (χ1n) is 6.68. The zero-order chi connectivity index (χ0) is 15.2. The van der Waals surface area contributed by atoms with Crippen molar-refractivity contribution in [3.8, 4) is 11.4 Å². The van der Waals surface area contributed by atoms with E-state index in [0.29, 0.717) is 11.7 Å². The molecule has 0 spiro atoms. The molecule has 0 aliphatic heterocycles. The molecule has 1 amide bonds. The first-order chi connectivity index (χ1) is 10.2. The van der Waals surface area contributed by atoms with Gasteiger partial charge < -0.3 is 5.73 Å². The van der Waals surface area contributed by atoms with Gasteiger partial charge >= 0.3 is 0 Å². The van der Waals surface area contributed by atoms with Crippen LogP contribution >= 0.6 is 23.1 Å². The number of rotatable bonds is 8. The number of nitrogens with zero attached hydrogens (tertiary/aromatic N) is 3. The van der Waals surface area contributed by atoms with Crippen LogP contribution in [0.4, 0.5) is 0 Å². The third-order valence-corrected chi connectivity index (χ3v) is 4.77. The van der Waals surface area contributed by atoms with Crippen molar-refractivity contribution in [3.05, 3.63) is 29.0 Å². The zero-order valence-corrected chi connectivity index (χ0v) is 13.5. The number of primary amides is 1. The second kappa shape index (κ2) is 7.42. The molecular formula is C14H18N4OS2. The molecule has 0 aliphatic rings. The predicted octanol–water partition coefficient (Wildman–Crippen LogP) is 2.72. The molecule has 2 aromatic heterocycles. The van der Waals surface area contributed by atoms with Gasteiger partial charge in [-0.2, -0.15) is 0 Å². The molecule has 0 aromatic carbocycles. The molecule has 0 aliphatic carbocycles. The van der Waals surface area contributed by atoms with Gasteiger partial charge in [0.25, 0.3) is 0 Å². The van der Waals surface area contributed by atoms with Gasteiger partial charge in [-0.05, 0) is 12.5 Å². The highest BCUT2D eigenvalue weighted by Gasteiger charge is 2.15. The average Bonchev–Trinajstić information content (AvgIpc) is 3.04. The van der Waals surface area contributed by atoms with Crippen molar-refractivity contribution in [2.45, 2.75) is 31.5 Å². The number of hydrogen-bond donors (Lipinski definition) is 1. The topological polar surface area (TPSA) is 73.8 Å². The molecule has 112 valence electrons. The summed E-state index contributed by atoms with van der Waals surface area (Å²) in [5, 5.41) is 11.2. The molecule has 2 heterocycles. The third-order valence-electron chi connectivity index (χ3n) is 2.78. The summed E-state index contributed by atoms with van der Waals surface area (Å²) >= 11 is 3.03. The molecule has 0 fully saturated rings. The standard InChI is InChI=1S/C14H18N4OS2/c1-3-5-11-7-10(8-20-11)13-16-17-14(18(13)6-4-2)21-9-12(15)19/h4,7-8H,2-3,5-6,9H2,1H3,(H2,15,19). The smallest absolute Gasteiger partial charge is 0.227 e. The van der Waals surface area contributed by atoms with Crippen LogP contribution in [0, 0.1) is 0 Å². The fourth-order valence-electron chi connectivity index (χ4n) is 1.91. The van der Waals surface area contributed by atoms with Gasteiger partial charge in [-0.1, -0.05) is 31.2 Å². The van der Waals surface area contributed by atoms with E-state index >= 15 is 0 Å². The molecule has 2 rings (SSSR count). The Morgan fingerprint density at radius 3 is 3.05 bits per heavy atom. The monoisotopic (exact) mass is 322 g/mol. The van der Waals surface area contributed by atoms with E-state index in [-0.39, 0.29) is 11.7 Å². The number of carbonyl (C=O) groups excluding carboxylic acids is 1. The third kappa shape index (κ3) is 3.95. The molecular weight excluding hydrogens is 304 g/mol. The van der Waals surface area contributed by atoms with Crippen molar-refractivity contribution < 1.29 is 4.79 Å². The number of aromatic nitrogens is 3. The Bertz CT molecular complexity index is 633. The Morgan fingerprint density at radius 2 is 2.38 bits per heavy atom. The number of amides is 1. The quantitative estimate of drug-likeness (QED) is 0.599. The Kier molecular flexibility index (Phi) is 5.58. The van der Waals surface area contributed by atoms with E-state index in [0.717, 1.165) is 24.2 Å². The molecule has 2 aromatic rings. The van der Waals surface area contributed by atoms with E-state index in [4.69, 9.17) is 5.73 Å². The molecule has 0 atom stereocenters. The lowest BCUT2D eigenvalue weighted by Gasteiger charge is -2.05. The fraction of sp³-hybridized carbons (Fsp3) is 0.357. The first kappa shape index (κ1) is 15.8. The van der Waals surface area contributed by atoms with E-state index in [1.165, 1.54) is 16.6 Å². The number of aryl methyl sites for hydroxylation is 1. The van der Waals surface area contributed by atoms with Gasteiger partial charge in [0.2, 0.25) is 5.91 Å². The number of thioether (sulfide) groups is 1. The predicted molar refractivity (Wildman–Crippen MR) is 87.4 cm³/mol. The number of allylic oxidation sites excluding steroid dienone is 1. The Balaban J connectivity index is 2.28. The number of carbonyl (C=O) groups is 1. The van der Waals surface area contributed by atoms with Crippen LogP contribution in [0.5, 0.6) is 0 Å². The summed E-state index contributed by atoms with van der Waals surface area (Å²) in [6.45, 7) is 6.53. The normalized spacial score (nSPS) is 10.7. The van der Waals surface area contributed by atoms with E-state index in [1.54, 1.807) is 17.4 Å². The van der Waals surface area contributed by atoms with Crippen LogP contribution in [0.3, 0.4) is 0 Å². The molecule has 0 saturated carbocycles. The van der Waals surface area contributed by atoms with Gasteiger partial charge in [-0.25, -0.2) is 0 Å². The lowest BCUT2D eigenvalue weighted by atomic mass is 10.2. The van der Waals surface area contributed by atoms with Crippen LogP contribution in [-0.2, 0) is 17.8 Å². The molecule has 7 heteroatoms. The van der Waals surface area contributed by atoms with Crippen LogP contribution in [0.15, 0.2) is 29.3 Å². The lowest BCUT2D eigenvalue weighted by Crippen LogP contribution is -2.13. The minimum Gasteiger partial charge on any atom is -0.369 e. The molecule has 0 saturated heterocycles. The van der Waals surface area contributed by atoms with E-state index < -0.39 is 0 Å². The molecule has 2 N–H and O–H groups in total. The Hall–Kier alpha value is -1.60. The maximum Gasteiger partial charge on any atom is 0.227 e. The number of thiophene rings is 1. The maximum absolute atomic E-state index is 10.9. The number of nitrogens with two attached hydrogens (primary N) is 1. The van der Waals surface area contributed by atoms with Crippen molar-refractivity contribution >= 4 is 29.0 Å². The highest BCUT2D eigenvalue weighted by molar-refractivity contribution is 7.99. The summed E-state index contributed by atoms with van der Waals surface area (Å²) in [5.74, 6) is 0.635. The summed E-state index contributed by atoms with van der Waals surface area (Å²) in [6.07, 6.45) is 3.99. The fourth-order valence-corrected chi connectivity index (χ4v) is 3.57. The summed E-state index contributed by atoms with van der Waals surface area (Å²) in [6, 6.07) is 2.15. The summed E-state index contributed by atoms with van der Waals surface area (Å²) < 4.78 is 1.96. The molecule has 0 unspecified atom stereocenters. The Morgan fingerprint density at radius 1 is 1.57 bits per heavy atom. The summed E-state index contributed by atoms with van der Waals surface area (Å²) in [5.41, 5.74) is 6.24. The minimum atomic E-state index is -0.365. The number of hydrogen-bond acceptors (Lipinski definition) is 5. The van der Waals surface area contributed by atoms with E-state index in [9.17, 15) is 4.79 Å². The summed E-state index contributed by atoms with van der Waals surface area (Å²) in [4.78, 5) is 12.3. The molecule has 0 bridgehead atoms. The molecule has 0 radical (unpaired) electrons. The second-order valence-corrected chi connectivity index (χ2v) is 6.45. The largest absolute Gasteiger partial charge is 0.369 e. The van der Waals surface area contributed by atoms with Crippen LogP contribution in [-0.4, -0.2) is 26.4 Å². The van der Waals surface area contributed by atoms with Crippen molar-refractivity contribution in [3.63, 3.8) is 0 Å².